The second-order valence-corrected chi connectivity index (χ2v) is 15.1. The summed E-state index contributed by atoms with van der Waals surface area (Å²) in [6.45, 7) is 2.88. The maximum Gasteiger partial charge on any atom is 0.407 e. The first-order valence-electron chi connectivity index (χ1n) is 20.1. The molecule has 5 atom stereocenters. The third kappa shape index (κ3) is 8.18. The molecule has 0 saturated carbocycles. The summed E-state index contributed by atoms with van der Waals surface area (Å²) in [5.41, 5.74) is 6.29. The lowest BCUT2D eigenvalue weighted by atomic mass is 9.99. The van der Waals surface area contributed by atoms with Gasteiger partial charge in [0.2, 0.25) is 12.3 Å². The average molecular weight is 813 g/mol. The van der Waals surface area contributed by atoms with Crippen molar-refractivity contribution in [3.63, 3.8) is 0 Å². The topological polar surface area (TPSA) is 176 Å². The molecule has 2 fully saturated rings. The van der Waals surface area contributed by atoms with Crippen molar-refractivity contribution in [2.75, 3.05) is 34.4 Å². The zero-order valence-corrected chi connectivity index (χ0v) is 34.0. The molecule has 2 saturated heterocycles. The number of amides is 3. The number of carbonyl (C=O) groups is 3. The number of ether oxygens (including phenoxy) is 2. The quantitative estimate of drug-likeness (QED) is 0.0471. The van der Waals surface area contributed by atoms with E-state index in [1.165, 1.54) is 21.3 Å². The smallest absolute Gasteiger partial charge is 0.407 e. The Morgan fingerprint density at radius 3 is 2.20 bits per heavy atom. The molecule has 2 aliphatic rings. The van der Waals surface area contributed by atoms with Crippen LogP contribution in [0.5, 0.6) is 0 Å². The van der Waals surface area contributed by atoms with Gasteiger partial charge in [-0.15, -0.1) is 0 Å². The lowest BCUT2D eigenvalue weighted by Gasteiger charge is -2.30. The van der Waals surface area contributed by atoms with Gasteiger partial charge in [-0.05, 0) is 84.3 Å². The lowest BCUT2D eigenvalue weighted by molar-refractivity contribution is -0.188. The highest BCUT2D eigenvalue weighted by Crippen LogP contribution is 2.37. The maximum absolute atomic E-state index is 14.0. The van der Waals surface area contributed by atoms with Crippen molar-refractivity contribution in [2.45, 2.75) is 62.9 Å². The van der Waals surface area contributed by atoms with E-state index in [1.54, 1.807) is 11.8 Å². The van der Waals surface area contributed by atoms with Crippen molar-refractivity contribution in [1.29, 1.82) is 0 Å². The molecule has 0 unspecified atom stereocenters. The van der Waals surface area contributed by atoms with E-state index < -0.39 is 24.3 Å². The van der Waals surface area contributed by atoms with Crippen LogP contribution in [-0.4, -0.2) is 101 Å². The third-order valence-corrected chi connectivity index (χ3v) is 11.5. The number of carbonyl (C=O) groups excluding carboxylic acids is 3. The highest BCUT2D eigenvalue weighted by molar-refractivity contribution is 5.92. The van der Waals surface area contributed by atoms with Crippen molar-refractivity contribution in [3.8, 4) is 22.4 Å². The first kappa shape index (κ1) is 40.2. The molecule has 2 aliphatic heterocycles. The summed E-state index contributed by atoms with van der Waals surface area (Å²) in [4.78, 5) is 74.1. The third-order valence-electron chi connectivity index (χ3n) is 11.5. The number of alkyl carbamates (subject to hydrolysis) is 1. The normalized spacial score (nSPS) is 18.3. The van der Waals surface area contributed by atoms with E-state index >= 15 is 0 Å². The summed E-state index contributed by atoms with van der Waals surface area (Å²) in [6, 6.07) is 26.1. The molecule has 0 radical (unpaired) electrons. The predicted octanol–water partition coefficient (Wildman–Crippen LogP) is 7.21. The highest BCUT2D eigenvalue weighted by atomic mass is 17.2. The van der Waals surface area contributed by atoms with Gasteiger partial charge in [0.05, 0.1) is 49.1 Å². The molecule has 15 nitrogen and oxygen atoms in total. The monoisotopic (exact) mass is 812 g/mol. The Kier molecular flexibility index (Phi) is 11.9. The molecular weight excluding hydrogens is 765 g/mol. The number of H-pyrrole nitrogens is 2. The van der Waals surface area contributed by atoms with E-state index in [9.17, 15) is 14.4 Å². The van der Waals surface area contributed by atoms with Gasteiger partial charge in [-0.3, -0.25) is 9.59 Å². The van der Waals surface area contributed by atoms with Gasteiger partial charge in [-0.2, -0.15) is 4.89 Å². The minimum atomic E-state index is -0.899. The zero-order chi connectivity index (χ0) is 41.8. The van der Waals surface area contributed by atoms with Gasteiger partial charge >= 0.3 is 6.09 Å². The van der Waals surface area contributed by atoms with Crippen molar-refractivity contribution in [2.24, 2.45) is 4.99 Å². The van der Waals surface area contributed by atoms with Crippen molar-refractivity contribution in [3.05, 3.63) is 108 Å². The largest absolute Gasteiger partial charge is 0.453 e. The number of hydrogen-bond donors (Lipinski definition) is 3. The van der Waals surface area contributed by atoms with Crippen molar-refractivity contribution < 1.29 is 33.6 Å². The van der Waals surface area contributed by atoms with E-state index in [0.29, 0.717) is 18.9 Å². The van der Waals surface area contributed by atoms with E-state index in [4.69, 9.17) is 24.3 Å². The predicted molar refractivity (Wildman–Crippen MR) is 226 cm³/mol. The van der Waals surface area contributed by atoms with Crippen LogP contribution >= 0.6 is 0 Å². The number of imidazole rings is 2. The molecule has 0 aliphatic carbocycles. The number of aromatic amines is 2. The van der Waals surface area contributed by atoms with Crippen LogP contribution in [0.1, 0.15) is 67.9 Å². The second kappa shape index (κ2) is 17.7. The van der Waals surface area contributed by atoms with Gasteiger partial charge in [0.1, 0.15) is 17.7 Å². The van der Waals surface area contributed by atoms with Crippen LogP contribution in [-0.2, 0) is 28.8 Å². The Bertz CT molecular complexity index is 2520. The fourth-order valence-corrected chi connectivity index (χ4v) is 8.33. The fourth-order valence-electron chi connectivity index (χ4n) is 8.33. The van der Waals surface area contributed by atoms with E-state index in [2.05, 4.69) is 73.7 Å². The summed E-state index contributed by atoms with van der Waals surface area (Å²) in [6.07, 6.45) is 4.97. The van der Waals surface area contributed by atoms with Crippen LogP contribution < -0.4 is 5.32 Å². The molecule has 8 rings (SSSR count). The minimum absolute atomic E-state index is 0.127. The first-order chi connectivity index (χ1) is 29.3. The van der Waals surface area contributed by atoms with Crippen LogP contribution in [0.2, 0.25) is 0 Å². The molecule has 2 aromatic heterocycles. The molecule has 4 heterocycles. The van der Waals surface area contributed by atoms with Crippen molar-refractivity contribution >= 4 is 46.1 Å². The van der Waals surface area contributed by atoms with Gasteiger partial charge < -0.3 is 39.4 Å². The molecule has 310 valence electrons. The SMILES string of the molecule is COO/C=N\[C@@H](C(=O)N1CCC[C@H]1c1nc2cc(-c3ccc4cc(-c5c[nH]c([C@@H]6CCCN6C(=O)[C@@H](NC(=O)OC)[C@@H](C)OC)n5)ccc4c3)ccc2[nH]1)c1ccccc1. The van der Waals surface area contributed by atoms with Crippen molar-refractivity contribution in [1.82, 2.24) is 35.1 Å². The number of methoxy groups -OCH3 is 2. The summed E-state index contributed by atoms with van der Waals surface area (Å²) in [5.74, 6) is 1.07. The highest BCUT2D eigenvalue weighted by Gasteiger charge is 2.39. The molecule has 4 aromatic carbocycles. The van der Waals surface area contributed by atoms with Crippen LogP contribution in [0.25, 0.3) is 44.2 Å². The molecule has 6 aromatic rings. The molecule has 0 spiro atoms. The van der Waals surface area contributed by atoms with E-state index in [-0.39, 0.29) is 23.9 Å². The molecule has 3 N–H and O–H groups in total. The Balaban J connectivity index is 0.985. The molecule has 60 heavy (non-hydrogen) atoms. The fraction of sp³-hybridized carbons (Fsp3) is 0.333. The molecule has 0 bridgehead atoms. The number of likely N-dealkylation sites (tertiary alicyclic amines) is 2. The number of benzene rings is 4. The molecule has 15 heteroatoms. The van der Waals surface area contributed by atoms with Crippen LogP contribution in [0.4, 0.5) is 4.79 Å². The second-order valence-electron chi connectivity index (χ2n) is 15.1. The van der Waals surface area contributed by atoms with E-state index in [0.717, 1.165) is 87.7 Å². The van der Waals surface area contributed by atoms with Crippen LogP contribution in [0.15, 0.2) is 96.1 Å². The number of rotatable bonds is 13. The zero-order valence-electron chi connectivity index (χ0n) is 34.0. The standard InChI is InChI=1S/C45H48N8O7/c1-27(57-2)39(51-45(56)58-3)43(54)52-20-8-12-37(52)41-46-25-36(50-41)33-17-16-29-22-30(14-15-31(29)23-33)32-18-19-34-35(24-32)49-42(48-34)38-13-9-21-53(38)44(55)40(47-26-60-59-4)28-10-6-5-7-11-28/h5-7,10-11,14-19,22-27,37-40H,8-9,12-13,20-21H2,1-4H3,(H,46,50)(H,48,49)(H,51,56)/b47-26-/t27-,37+,38+,39+,40-/m1/s1. The Labute approximate surface area is 347 Å². The summed E-state index contributed by atoms with van der Waals surface area (Å²) in [5, 5.41) is 4.77. The Hall–Kier alpha value is -6.58. The van der Waals surface area contributed by atoms with Gasteiger partial charge in [0.25, 0.3) is 5.91 Å². The Morgan fingerprint density at radius 2 is 1.48 bits per heavy atom. The Morgan fingerprint density at radius 1 is 0.817 bits per heavy atom. The van der Waals surface area contributed by atoms with Crippen LogP contribution in [0, 0.1) is 0 Å². The summed E-state index contributed by atoms with van der Waals surface area (Å²) < 4.78 is 10.2. The summed E-state index contributed by atoms with van der Waals surface area (Å²) >= 11 is 0. The lowest BCUT2D eigenvalue weighted by Crippen LogP contribution is -2.54. The number of nitrogens with zero attached hydrogens (tertiary/aromatic N) is 5. The van der Waals surface area contributed by atoms with Gasteiger partial charge in [-0.25, -0.2) is 19.8 Å². The van der Waals surface area contributed by atoms with Gasteiger partial charge in [0, 0.05) is 32.0 Å². The maximum atomic E-state index is 14.0. The first-order valence-corrected chi connectivity index (χ1v) is 20.1. The molecular formula is C45H48N8O7. The van der Waals surface area contributed by atoms with Gasteiger partial charge in [0.15, 0.2) is 6.04 Å². The number of hydrogen-bond acceptors (Lipinski definition) is 10. The number of aliphatic imine (C=N–C) groups is 1. The summed E-state index contributed by atoms with van der Waals surface area (Å²) in [7, 11) is 4.15. The van der Waals surface area contributed by atoms with Gasteiger partial charge in [-0.1, -0.05) is 60.7 Å². The van der Waals surface area contributed by atoms with E-state index in [1.807, 2.05) is 47.5 Å². The van der Waals surface area contributed by atoms with Crippen LogP contribution in [0.3, 0.4) is 0 Å². The number of nitrogens with one attached hydrogen (secondary N) is 3. The number of aromatic nitrogens is 4. The molecule has 3 amide bonds. The average Bonchev–Trinajstić information content (AvgIpc) is 4.13. The number of fused-ring (bicyclic) bond motifs is 2. The minimum Gasteiger partial charge on any atom is -0.453 e.